The van der Waals surface area contributed by atoms with Gasteiger partial charge in [0.15, 0.2) is 9.84 Å². The largest absolute Gasteiger partial charge is 0.350 e. The van der Waals surface area contributed by atoms with Gasteiger partial charge in [0, 0.05) is 17.0 Å². The molecule has 1 aromatic carbocycles. The standard InChI is InChI=1S/C18H17NO3S3/c1-13-6-8-14(9-7-13)18(20)19-12-16(15-4-2-10-23-15)25(21,22)17-5-3-11-24-17/h2-11,16H,12H2,1H3,(H,19,20)/t16-/m1/s1. The van der Waals surface area contributed by atoms with E-state index in [1.165, 1.54) is 22.7 Å². The summed E-state index contributed by atoms with van der Waals surface area (Å²) in [7, 11) is -3.55. The molecule has 0 unspecified atom stereocenters. The molecule has 1 amide bonds. The van der Waals surface area contributed by atoms with Crippen LogP contribution in [0, 0.1) is 6.92 Å². The van der Waals surface area contributed by atoms with Crippen LogP contribution < -0.4 is 5.32 Å². The maximum absolute atomic E-state index is 13.0. The number of amides is 1. The molecule has 3 aromatic rings. The molecule has 0 fully saturated rings. The molecule has 0 saturated carbocycles. The number of benzene rings is 1. The third kappa shape index (κ3) is 4.00. The van der Waals surface area contributed by atoms with E-state index in [2.05, 4.69) is 5.32 Å². The van der Waals surface area contributed by atoms with Crippen LogP contribution in [0.5, 0.6) is 0 Å². The molecular weight excluding hydrogens is 374 g/mol. The predicted octanol–water partition coefficient (Wildman–Crippen LogP) is 4.06. The fraction of sp³-hybridized carbons (Fsp3) is 0.167. The number of thiophene rings is 2. The highest BCUT2D eigenvalue weighted by Gasteiger charge is 2.31. The molecule has 0 aliphatic heterocycles. The monoisotopic (exact) mass is 391 g/mol. The molecule has 0 aliphatic carbocycles. The number of carbonyl (C=O) groups excluding carboxylic acids is 1. The predicted molar refractivity (Wildman–Crippen MR) is 102 cm³/mol. The Morgan fingerprint density at radius 2 is 1.72 bits per heavy atom. The summed E-state index contributed by atoms with van der Waals surface area (Å²) in [6.07, 6.45) is 0. The Kier molecular flexibility index (Phi) is 5.36. The average Bonchev–Trinajstić information content (AvgIpc) is 3.29. The summed E-state index contributed by atoms with van der Waals surface area (Å²) >= 11 is 2.57. The van der Waals surface area contributed by atoms with E-state index in [-0.39, 0.29) is 12.5 Å². The summed E-state index contributed by atoms with van der Waals surface area (Å²) in [6.45, 7) is 1.98. The van der Waals surface area contributed by atoms with Gasteiger partial charge in [0.2, 0.25) is 0 Å². The first kappa shape index (κ1) is 17.8. The molecule has 4 nitrogen and oxygen atoms in total. The molecule has 0 radical (unpaired) electrons. The number of hydrogen-bond donors (Lipinski definition) is 1. The summed E-state index contributed by atoms with van der Waals surface area (Å²) in [6, 6.07) is 14.1. The van der Waals surface area contributed by atoms with Crippen LogP contribution in [0.25, 0.3) is 0 Å². The Bertz CT molecular complexity index is 928. The van der Waals surface area contributed by atoms with Crippen LogP contribution >= 0.6 is 22.7 Å². The van der Waals surface area contributed by atoms with Gasteiger partial charge in [0.1, 0.15) is 9.46 Å². The fourth-order valence-electron chi connectivity index (χ4n) is 2.40. The van der Waals surface area contributed by atoms with Crippen molar-refractivity contribution in [3.8, 4) is 0 Å². The summed E-state index contributed by atoms with van der Waals surface area (Å²) in [5, 5.41) is 5.56. The molecule has 7 heteroatoms. The van der Waals surface area contributed by atoms with Gasteiger partial charge in [-0.3, -0.25) is 4.79 Å². The third-order valence-corrected chi connectivity index (χ3v) is 8.42. The van der Waals surface area contributed by atoms with E-state index in [0.29, 0.717) is 9.77 Å². The fourth-order valence-corrected chi connectivity index (χ4v) is 6.38. The van der Waals surface area contributed by atoms with Crippen molar-refractivity contribution in [2.24, 2.45) is 0 Å². The van der Waals surface area contributed by atoms with Gasteiger partial charge < -0.3 is 5.32 Å². The second-order valence-corrected chi connectivity index (χ2v) is 9.84. The SMILES string of the molecule is Cc1ccc(C(=O)NC[C@H](c2cccs2)S(=O)(=O)c2cccs2)cc1. The Labute approximate surface area is 155 Å². The Hall–Kier alpha value is -1.96. The van der Waals surface area contributed by atoms with E-state index in [4.69, 9.17) is 0 Å². The van der Waals surface area contributed by atoms with Crippen molar-refractivity contribution in [2.45, 2.75) is 16.4 Å². The lowest BCUT2D eigenvalue weighted by molar-refractivity contribution is 0.0954. The number of rotatable bonds is 6. The normalized spacial score (nSPS) is 12.7. The minimum atomic E-state index is -3.55. The van der Waals surface area contributed by atoms with Crippen molar-refractivity contribution >= 4 is 38.4 Å². The molecule has 1 N–H and O–H groups in total. The van der Waals surface area contributed by atoms with E-state index in [1.807, 2.05) is 30.5 Å². The van der Waals surface area contributed by atoms with Gasteiger partial charge in [0.25, 0.3) is 5.91 Å². The summed E-state index contributed by atoms with van der Waals surface area (Å²) in [4.78, 5) is 13.1. The Balaban J connectivity index is 1.82. The lowest BCUT2D eigenvalue weighted by Gasteiger charge is -2.16. The zero-order chi connectivity index (χ0) is 17.9. The van der Waals surface area contributed by atoms with Crippen LogP contribution in [0.15, 0.2) is 63.5 Å². The van der Waals surface area contributed by atoms with Crippen molar-refractivity contribution in [1.29, 1.82) is 0 Å². The van der Waals surface area contributed by atoms with E-state index in [0.717, 1.165) is 10.4 Å². The molecular formula is C18H17NO3S3. The molecule has 0 aliphatic rings. The second-order valence-electron chi connectivity index (χ2n) is 5.56. The highest BCUT2D eigenvalue weighted by molar-refractivity contribution is 7.93. The number of hydrogen-bond acceptors (Lipinski definition) is 5. The summed E-state index contributed by atoms with van der Waals surface area (Å²) in [5.74, 6) is -0.275. The zero-order valence-corrected chi connectivity index (χ0v) is 16.0. The first-order valence-corrected chi connectivity index (χ1v) is 10.9. The first-order valence-electron chi connectivity index (χ1n) is 7.64. The van der Waals surface area contributed by atoms with Crippen molar-refractivity contribution < 1.29 is 13.2 Å². The highest BCUT2D eigenvalue weighted by Crippen LogP contribution is 2.33. The number of carbonyl (C=O) groups is 1. The van der Waals surface area contributed by atoms with Gasteiger partial charge in [-0.2, -0.15) is 0 Å². The number of nitrogens with one attached hydrogen (secondary N) is 1. The van der Waals surface area contributed by atoms with Crippen LogP contribution in [-0.2, 0) is 9.84 Å². The van der Waals surface area contributed by atoms with Crippen LogP contribution in [0.1, 0.15) is 26.0 Å². The van der Waals surface area contributed by atoms with Crippen molar-refractivity contribution in [3.63, 3.8) is 0 Å². The molecule has 0 saturated heterocycles. The average molecular weight is 392 g/mol. The smallest absolute Gasteiger partial charge is 0.251 e. The van der Waals surface area contributed by atoms with Crippen LogP contribution in [-0.4, -0.2) is 20.9 Å². The van der Waals surface area contributed by atoms with Crippen molar-refractivity contribution in [2.75, 3.05) is 6.54 Å². The molecule has 1 atom stereocenters. The topological polar surface area (TPSA) is 63.2 Å². The Morgan fingerprint density at radius 1 is 1.04 bits per heavy atom. The van der Waals surface area contributed by atoms with E-state index in [1.54, 1.807) is 35.7 Å². The zero-order valence-electron chi connectivity index (χ0n) is 13.5. The molecule has 25 heavy (non-hydrogen) atoms. The van der Waals surface area contributed by atoms with Gasteiger partial charge in [-0.05, 0) is 41.9 Å². The van der Waals surface area contributed by atoms with Crippen LogP contribution in [0.2, 0.25) is 0 Å². The van der Waals surface area contributed by atoms with E-state index < -0.39 is 15.1 Å². The van der Waals surface area contributed by atoms with E-state index >= 15 is 0 Å². The summed E-state index contributed by atoms with van der Waals surface area (Å²) in [5.41, 5.74) is 1.58. The Morgan fingerprint density at radius 3 is 2.32 bits per heavy atom. The van der Waals surface area contributed by atoms with Gasteiger partial charge in [-0.15, -0.1) is 22.7 Å². The van der Waals surface area contributed by atoms with E-state index in [9.17, 15) is 13.2 Å². The molecule has 0 bridgehead atoms. The summed E-state index contributed by atoms with van der Waals surface area (Å²) < 4.78 is 26.2. The molecule has 3 rings (SSSR count). The van der Waals surface area contributed by atoms with Crippen LogP contribution in [0.4, 0.5) is 0 Å². The van der Waals surface area contributed by atoms with Gasteiger partial charge in [0.05, 0.1) is 0 Å². The second kappa shape index (κ2) is 7.51. The number of aryl methyl sites for hydroxylation is 1. The highest BCUT2D eigenvalue weighted by atomic mass is 32.2. The molecule has 130 valence electrons. The van der Waals surface area contributed by atoms with Gasteiger partial charge >= 0.3 is 0 Å². The third-order valence-electron chi connectivity index (χ3n) is 3.77. The molecule has 2 aromatic heterocycles. The van der Waals surface area contributed by atoms with Gasteiger partial charge in [-0.1, -0.05) is 29.8 Å². The lowest BCUT2D eigenvalue weighted by atomic mass is 10.1. The molecule has 0 spiro atoms. The van der Waals surface area contributed by atoms with Crippen molar-refractivity contribution in [1.82, 2.24) is 5.32 Å². The molecule has 2 heterocycles. The maximum atomic E-state index is 13.0. The lowest BCUT2D eigenvalue weighted by Crippen LogP contribution is -2.31. The van der Waals surface area contributed by atoms with Crippen LogP contribution in [0.3, 0.4) is 0 Å². The maximum Gasteiger partial charge on any atom is 0.251 e. The quantitative estimate of drug-likeness (QED) is 0.689. The first-order chi connectivity index (χ1) is 12.0. The van der Waals surface area contributed by atoms with Gasteiger partial charge in [-0.25, -0.2) is 8.42 Å². The van der Waals surface area contributed by atoms with Crippen molar-refractivity contribution in [3.05, 3.63) is 75.3 Å². The number of sulfone groups is 1. The minimum Gasteiger partial charge on any atom is -0.350 e. The minimum absolute atomic E-state index is 0.0352.